The van der Waals surface area contributed by atoms with Gasteiger partial charge < -0.3 is 30.6 Å². The van der Waals surface area contributed by atoms with Gasteiger partial charge in [0.05, 0.1) is 24.3 Å². The molecule has 0 saturated carbocycles. The van der Waals surface area contributed by atoms with E-state index in [0.29, 0.717) is 40.2 Å². The molecule has 1 aromatic heterocycles. The third-order valence-electron chi connectivity index (χ3n) is 7.93. The number of carbonyl (C=O) groups excluding carboxylic acids is 3. The van der Waals surface area contributed by atoms with Crippen LogP contribution in [0.15, 0.2) is 42.5 Å². The minimum absolute atomic E-state index is 0.124. The van der Waals surface area contributed by atoms with Crippen molar-refractivity contribution in [2.75, 3.05) is 38.6 Å². The highest BCUT2D eigenvalue weighted by Gasteiger charge is 2.27. The highest BCUT2D eigenvalue weighted by Crippen LogP contribution is 2.35. The largest absolute Gasteiger partial charge is 0.497 e. The van der Waals surface area contributed by atoms with Crippen LogP contribution in [0.2, 0.25) is 0 Å². The average molecular weight is 556 g/mol. The van der Waals surface area contributed by atoms with Gasteiger partial charge in [0, 0.05) is 41.3 Å². The second-order valence-electron chi connectivity index (χ2n) is 10.7. The number of rotatable bonds is 9. The maximum absolute atomic E-state index is 13.1. The predicted octanol–water partition coefficient (Wildman–Crippen LogP) is 4.45. The summed E-state index contributed by atoms with van der Waals surface area (Å²) in [6.07, 6.45) is 4.19. The molecule has 214 valence electrons. The zero-order valence-electron chi connectivity index (χ0n) is 24.0. The van der Waals surface area contributed by atoms with Gasteiger partial charge in [0.2, 0.25) is 0 Å². The summed E-state index contributed by atoms with van der Waals surface area (Å²) < 4.78 is 5.21. The van der Waals surface area contributed by atoms with Crippen molar-refractivity contribution in [1.82, 2.24) is 20.5 Å². The van der Waals surface area contributed by atoms with E-state index in [1.54, 1.807) is 31.4 Å². The minimum Gasteiger partial charge on any atom is -0.497 e. The molecule has 4 N–H and O–H groups in total. The van der Waals surface area contributed by atoms with Crippen molar-refractivity contribution in [3.8, 4) is 5.75 Å². The molecular formula is C32H37N5O4. The lowest BCUT2D eigenvalue weighted by Gasteiger charge is -2.15. The van der Waals surface area contributed by atoms with Gasteiger partial charge in [0.1, 0.15) is 5.75 Å². The van der Waals surface area contributed by atoms with Gasteiger partial charge in [0.25, 0.3) is 17.7 Å². The number of methoxy groups -OCH3 is 1. The SMILES string of the molecule is COc1ccc(C(C)NC(=O)c2ccc3c(c2)/C(=C/c2[nH]c(C)c(C(=O)NCCN4CCCC4)c2C)C(=O)N3)cc1. The van der Waals surface area contributed by atoms with Crippen molar-refractivity contribution in [3.05, 3.63) is 81.7 Å². The molecule has 0 radical (unpaired) electrons. The van der Waals surface area contributed by atoms with Gasteiger partial charge in [0.15, 0.2) is 0 Å². The van der Waals surface area contributed by atoms with E-state index >= 15 is 0 Å². The molecule has 9 heteroatoms. The van der Waals surface area contributed by atoms with Gasteiger partial charge in [-0.1, -0.05) is 12.1 Å². The third-order valence-corrected chi connectivity index (χ3v) is 7.93. The van der Waals surface area contributed by atoms with Crippen LogP contribution in [-0.4, -0.2) is 60.9 Å². The van der Waals surface area contributed by atoms with E-state index in [9.17, 15) is 14.4 Å². The fraction of sp³-hybridized carbons (Fsp3) is 0.344. The minimum atomic E-state index is -0.257. The number of aromatic amines is 1. The number of hydrogen-bond acceptors (Lipinski definition) is 5. The Kier molecular flexibility index (Phi) is 8.26. The summed E-state index contributed by atoms with van der Waals surface area (Å²) >= 11 is 0. The van der Waals surface area contributed by atoms with Crippen molar-refractivity contribution >= 4 is 35.1 Å². The number of H-pyrrole nitrogens is 1. The van der Waals surface area contributed by atoms with Crippen LogP contribution in [0.25, 0.3) is 11.6 Å². The maximum Gasteiger partial charge on any atom is 0.256 e. The molecule has 1 unspecified atom stereocenters. The van der Waals surface area contributed by atoms with Crippen LogP contribution >= 0.6 is 0 Å². The number of aryl methyl sites for hydroxylation is 1. The molecule has 2 aliphatic rings. The summed E-state index contributed by atoms with van der Waals surface area (Å²) in [7, 11) is 1.61. The quantitative estimate of drug-likeness (QED) is 0.291. The fourth-order valence-electron chi connectivity index (χ4n) is 5.55. The van der Waals surface area contributed by atoms with Gasteiger partial charge in [-0.2, -0.15) is 0 Å². The first-order valence-electron chi connectivity index (χ1n) is 14.1. The summed E-state index contributed by atoms with van der Waals surface area (Å²) in [5.41, 5.74) is 5.92. The Balaban J connectivity index is 1.32. The number of hydrogen-bond donors (Lipinski definition) is 4. The second kappa shape index (κ2) is 12.0. The lowest BCUT2D eigenvalue weighted by Crippen LogP contribution is -2.33. The van der Waals surface area contributed by atoms with E-state index < -0.39 is 0 Å². The molecule has 41 heavy (non-hydrogen) atoms. The maximum atomic E-state index is 13.1. The summed E-state index contributed by atoms with van der Waals surface area (Å²) in [6, 6.07) is 12.5. The Morgan fingerprint density at radius 3 is 2.51 bits per heavy atom. The molecule has 0 spiro atoms. The Labute approximate surface area is 240 Å². The number of benzene rings is 2. The molecule has 2 aromatic carbocycles. The molecule has 9 nitrogen and oxygen atoms in total. The smallest absolute Gasteiger partial charge is 0.256 e. The zero-order chi connectivity index (χ0) is 29.1. The van der Waals surface area contributed by atoms with E-state index in [4.69, 9.17) is 4.74 Å². The molecule has 3 heterocycles. The normalized spacial score (nSPS) is 16.4. The number of aromatic nitrogens is 1. The molecule has 3 amide bonds. The molecule has 3 aromatic rings. The molecule has 1 fully saturated rings. The molecule has 1 saturated heterocycles. The number of nitrogens with one attached hydrogen (secondary N) is 4. The number of carbonyl (C=O) groups is 3. The highest BCUT2D eigenvalue weighted by molar-refractivity contribution is 6.35. The Morgan fingerprint density at radius 1 is 1.07 bits per heavy atom. The number of nitrogens with zero attached hydrogens (tertiary/aromatic N) is 1. The number of ether oxygens (including phenoxy) is 1. The molecule has 5 rings (SSSR count). The van der Waals surface area contributed by atoms with E-state index in [-0.39, 0.29) is 23.8 Å². The summed E-state index contributed by atoms with van der Waals surface area (Å²) in [4.78, 5) is 44.7. The highest BCUT2D eigenvalue weighted by atomic mass is 16.5. The van der Waals surface area contributed by atoms with E-state index in [1.807, 2.05) is 45.0 Å². The van der Waals surface area contributed by atoms with Crippen LogP contribution in [0.4, 0.5) is 5.69 Å². The summed E-state index contributed by atoms with van der Waals surface area (Å²) in [6.45, 7) is 9.27. The van der Waals surface area contributed by atoms with Crippen LogP contribution in [-0.2, 0) is 4.79 Å². The van der Waals surface area contributed by atoms with Crippen LogP contribution in [0, 0.1) is 13.8 Å². The van der Waals surface area contributed by atoms with Gasteiger partial charge in [-0.15, -0.1) is 0 Å². The first-order chi connectivity index (χ1) is 19.7. The van der Waals surface area contributed by atoms with Crippen LogP contribution < -0.4 is 20.7 Å². The lowest BCUT2D eigenvalue weighted by molar-refractivity contribution is -0.110. The van der Waals surface area contributed by atoms with E-state index in [2.05, 4.69) is 25.8 Å². The van der Waals surface area contributed by atoms with Crippen LogP contribution in [0.5, 0.6) is 5.75 Å². The van der Waals surface area contributed by atoms with E-state index in [0.717, 1.165) is 42.2 Å². The molecule has 1 atom stereocenters. The standard InChI is InChI=1S/C32H37N5O4/c1-19-28(34-21(3)29(19)32(40)33-13-16-37-14-5-6-15-37)18-26-25-17-23(9-12-27(25)36-31(26)39)30(38)35-20(2)22-7-10-24(41-4)11-8-22/h7-12,17-18,20,34H,5-6,13-16H2,1-4H3,(H,33,40)(H,35,38)(H,36,39)/b26-18-. The fourth-order valence-corrected chi connectivity index (χ4v) is 5.55. The zero-order valence-corrected chi connectivity index (χ0v) is 24.0. The first kappa shape index (κ1) is 28.2. The van der Waals surface area contributed by atoms with Gasteiger partial charge in [-0.25, -0.2) is 0 Å². The van der Waals surface area contributed by atoms with Gasteiger partial charge in [-0.05, 0) is 94.2 Å². The predicted molar refractivity (Wildman–Crippen MR) is 160 cm³/mol. The third kappa shape index (κ3) is 6.05. The average Bonchev–Trinajstić information content (AvgIpc) is 3.66. The summed E-state index contributed by atoms with van der Waals surface area (Å²) in [5.74, 6) is 0.128. The van der Waals surface area contributed by atoms with Crippen molar-refractivity contribution < 1.29 is 19.1 Å². The Morgan fingerprint density at radius 2 is 1.80 bits per heavy atom. The summed E-state index contributed by atoms with van der Waals surface area (Å²) in [5, 5.41) is 8.95. The van der Waals surface area contributed by atoms with Crippen LogP contribution in [0.1, 0.15) is 74.6 Å². The van der Waals surface area contributed by atoms with Gasteiger partial charge in [-0.3, -0.25) is 14.4 Å². The van der Waals surface area contributed by atoms with Crippen molar-refractivity contribution in [2.24, 2.45) is 0 Å². The van der Waals surface area contributed by atoms with Crippen molar-refractivity contribution in [2.45, 2.75) is 39.7 Å². The topological polar surface area (TPSA) is 116 Å². The molecule has 2 aliphatic heterocycles. The number of fused-ring (bicyclic) bond motifs is 1. The van der Waals surface area contributed by atoms with E-state index in [1.165, 1.54) is 12.8 Å². The molecular weight excluding hydrogens is 518 g/mol. The van der Waals surface area contributed by atoms with Crippen molar-refractivity contribution in [3.63, 3.8) is 0 Å². The Bertz CT molecular complexity index is 1500. The van der Waals surface area contributed by atoms with Gasteiger partial charge >= 0.3 is 0 Å². The number of amides is 3. The monoisotopic (exact) mass is 555 g/mol. The number of likely N-dealkylation sites (tertiary alicyclic amines) is 1. The van der Waals surface area contributed by atoms with Crippen LogP contribution in [0.3, 0.4) is 0 Å². The molecule has 0 aliphatic carbocycles. The molecule has 0 bridgehead atoms. The van der Waals surface area contributed by atoms with Crippen molar-refractivity contribution in [1.29, 1.82) is 0 Å². The number of anilines is 1. The Hall–Kier alpha value is -4.37. The first-order valence-corrected chi connectivity index (χ1v) is 14.1. The second-order valence-corrected chi connectivity index (χ2v) is 10.7. The lowest BCUT2D eigenvalue weighted by atomic mass is 10.0.